The van der Waals surface area contributed by atoms with Crippen molar-refractivity contribution in [3.63, 3.8) is 0 Å². The molecule has 0 aromatic heterocycles. The van der Waals surface area contributed by atoms with Gasteiger partial charge in [0.2, 0.25) is 5.91 Å². The van der Waals surface area contributed by atoms with E-state index in [1.165, 1.54) is 0 Å². The van der Waals surface area contributed by atoms with Gasteiger partial charge in [-0.05, 0) is 69.0 Å². The van der Waals surface area contributed by atoms with Gasteiger partial charge in [-0.2, -0.15) is 0 Å². The maximum absolute atomic E-state index is 13.1. The first-order chi connectivity index (χ1) is 14.2. The number of carbonyl (C=O) groups excluding carboxylic acids is 2. The Morgan fingerprint density at radius 3 is 2.43 bits per heavy atom. The van der Waals surface area contributed by atoms with Crippen LogP contribution in [0.4, 0.5) is 0 Å². The topological polar surface area (TPSA) is 58.6 Å². The van der Waals surface area contributed by atoms with Gasteiger partial charge in [-0.3, -0.25) is 9.59 Å². The maximum Gasteiger partial charge on any atom is 0.261 e. The van der Waals surface area contributed by atoms with Gasteiger partial charge in [0, 0.05) is 17.1 Å². The summed E-state index contributed by atoms with van der Waals surface area (Å²) in [5.74, 6) is 0.230. The Kier molecular flexibility index (Phi) is 8.90. The van der Waals surface area contributed by atoms with Crippen LogP contribution in [0.3, 0.4) is 0 Å². The van der Waals surface area contributed by atoms with Crippen molar-refractivity contribution in [3.8, 4) is 5.75 Å². The van der Waals surface area contributed by atoms with Crippen molar-refractivity contribution in [3.05, 3.63) is 63.6 Å². The highest BCUT2D eigenvalue weighted by Gasteiger charge is 2.27. The minimum Gasteiger partial charge on any atom is -0.484 e. The van der Waals surface area contributed by atoms with Gasteiger partial charge < -0.3 is 15.0 Å². The molecule has 0 aliphatic rings. The minimum absolute atomic E-state index is 0.0531. The Labute approximate surface area is 187 Å². The molecule has 2 atom stereocenters. The van der Waals surface area contributed by atoms with Crippen LogP contribution >= 0.6 is 15.9 Å². The molecule has 0 aliphatic carbocycles. The number of nitrogens with one attached hydrogen (secondary N) is 1. The van der Waals surface area contributed by atoms with E-state index in [-0.39, 0.29) is 24.5 Å². The SMILES string of the molecule is CCC(C)NC(=O)C(C)N(Cc1ccccc1C)C(=O)COc1ccc(Br)c(C)c1. The molecule has 2 amide bonds. The van der Waals surface area contributed by atoms with Crippen LogP contribution in [0.1, 0.15) is 43.9 Å². The number of halogens is 1. The van der Waals surface area contributed by atoms with Gasteiger partial charge in [0.15, 0.2) is 6.61 Å². The molecular formula is C24H31BrN2O3. The molecule has 0 spiro atoms. The van der Waals surface area contributed by atoms with Crippen LogP contribution in [0.5, 0.6) is 5.75 Å². The smallest absolute Gasteiger partial charge is 0.261 e. The molecule has 0 fully saturated rings. The van der Waals surface area contributed by atoms with Gasteiger partial charge in [-0.1, -0.05) is 47.1 Å². The Hall–Kier alpha value is -2.34. The van der Waals surface area contributed by atoms with E-state index in [0.717, 1.165) is 27.6 Å². The lowest BCUT2D eigenvalue weighted by Crippen LogP contribution is -2.50. The molecule has 2 rings (SSSR count). The van der Waals surface area contributed by atoms with Gasteiger partial charge >= 0.3 is 0 Å². The van der Waals surface area contributed by atoms with Crippen LogP contribution in [-0.2, 0) is 16.1 Å². The fraction of sp³-hybridized carbons (Fsp3) is 0.417. The standard InChI is InChI=1S/C24H31BrN2O3/c1-6-18(4)26-24(29)19(5)27(14-20-10-8-7-9-16(20)2)23(28)15-30-21-11-12-22(25)17(3)13-21/h7-13,18-19H,6,14-15H2,1-5H3,(H,26,29). The summed E-state index contributed by atoms with van der Waals surface area (Å²) >= 11 is 3.46. The van der Waals surface area contributed by atoms with E-state index in [0.29, 0.717) is 12.3 Å². The molecule has 0 saturated carbocycles. The first kappa shape index (κ1) is 23.9. The average Bonchev–Trinajstić information content (AvgIpc) is 2.73. The summed E-state index contributed by atoms with van der Waals surface area (Å²) in [6.07, 6.45) is 0.830. The van der Waals surface area contributed by atoms with Crippen molar-refractivity contribution in [2.75, 3.05) is 6.61 Å². The van der Waals surface area contributed by atoms with E-state index in [2.05, 4.69) is 21.2 Å². The predicted octanol–water partition coefficient (Wildman–Crippen LogP) is 4.78. The number of benzene rings is 2. The lowest BCUT2D eigenvalue weighted by molar-refractivity contribution is -0.142. The normalized spacial score (nSPS) is 12.7. The molecule has 6 heteroatoms. The summed E-state index contributed by atoms with van der Waals surface area (Å²) < 4.78 is 6.72. The fourth-order valence-electron chi connectivity index (χ4n) is 2.95. The summed E-state index contributed by atoms with van der Waals surface area (Å²) in [5.41, 5.74) is 3.11. The number of hydrogen-bond acceptors (Lipinski definition) is 3. The van der Waals surface area contributed by atoms with Crippen molar-refractivity contribution < 1.29 is 14.3 Å². The zero-order chi connectivity index (χ0) is 22.3. The number of hydrogen-bond donors (Lipinski definition) is 1. The van der Waals surface area contributed by atoms with Crippen molar-refractivity contribution in [2.24, 2.45) is 0 Å². The van der Waals surface area contributed by atoms with E-state index in [9.17, 15) is 9.59 Å². The number of nitrogens with zero attached hydrogens (tertiary/aromatic N) is 1. The molecule has 5 nitrogen and oxygen atoms in total. The zero-order valence-electron chi connectivity index (χ0n) is 18.4. The quantitative estimate of drug-likeness (QED) is 0.568. The molecule has 2 aromatic carbocycles. The highest BCUT2D eigenvalue weighted by atomic mass is 79.9. The van der Waals surface area contributed by atoms with E-state index in [1.54, 1.807) is 11.8 Å². The molecule has 162 valence electrons. The first-order valence-corrected chi connectivity index (χ1v) is 11.1. The van der Waals surface area contributed by atoms with Crippen LogP contribution in [-0.4, -0.2) is 35.4 Å². The highest BCUT2D eigenvalue weighted by molar-refractivity contribution is 9.10. The molecular weight excluding hydrogens is 444 g/mol. The highest BCUT2D eigenvalue weighted by Crippen LogP contribution is 2.22. The van der Waals surface area contributed by atoms with Crippen molar-refractivity contribution in [1.29, 1.82) is 0 Å². The number of aryl methyl sites for hydroxylation is 2. The molecule has 0 bridgehead atoms. The molecule has 2 unspecified atom stereocenters. The molecule has 0 aliphatic heterocycles. The number of rotatable bonds is 9. The van der Waals surface area contributed by atoms with E-state index < -0.39 is 6.04 Å². The van der Waals surface area contributed by atoms with Crippen molar-refractivity contribution >= 4 is 27.7 Å². The second-order valence-corrected chi connectivity index (χ2v) is 8.50. The van der Waals surface area contributed by atoms with Gasteiger partial charge in [0.1, 0.15) is 11.8 Å². The Morgan fingerprint density at radius 1 is 1.10 bits per heavy atom. The summed E-state index contributed by atoms with van der Waals surface area (Å²) in [4.78, 5) is 27.4. The monoisotopic (exact) mass is 474 g/mol. The Balaban J connectivity index is 2.18. The summed E-state index contributed by atoms with van der Waals surface area (Å²) in [5, 5.41) is 2.97. The minimum atomic E-state index is -0.610. The summed E-state index contributed by atoms with van der Waals surface area (Å²) in [6.45, 7) is 9.92. The van der Waals surface area contributed by atoms with Crippen LogP contribution in [0.25, 0.3) is 0 Å². The lowest BCUT2D eigenvalue weighted by atomic mass is 10.1. The summed E-state index contributed by atoms with van der Waals surface area (Å²) in [6, 6.07) is 12.9. The molecule has 0 radical (unpaired) electrons. The van der Waals surface area contributed by atoms with E-state index in [1.807, 2.05) is 70.2 Å². The van der Waals surface area contributed by atoms with Crippen LogP contribution in [0, 0.1) is 13.8 Å². The van der Waals surface area contributed by atoms with E-state index in [4.69, 9.17) is 4.74 Å². The van der Waals surface area contributed by atoms with Crippen LogP contribution in [0.15, 0.2) is 46.9 Å². The molecule has 0 saturated heterocycles. The van der Waals surface area contributed by atoms with Gasteiger partial charge in [0.05, 0.1) is 0 Å². The molecule has 0 heterocycles. The third kappa shape index (κ3) is 6.59. The number of ether oxygens (including phenoxy) is 1. The third-order valence-electron chi connectivity index (χ3n) is 5.26. The Bertz CT molecular complexity index is 885. The zero-order valence-corrected chi connectivity index (χ0v) is 20.0. The molecule has 2 aromatic rings. The largest absolute Gasteiger partial charge is 0.484 e. The van der Waals surface area contributed by atoms with Crippen molar-refractivity contribution in [1.82, 2.24) is 10.2 Å². The van der Waals surface area contributed by atoms with Crippen molar-refractivity contribution in [2.45, 2.75) is 59.7 Å². The second kappa shape index (κ2) is 11.2. The van der Waals surface area contributed by atoms with E-state index >= 15 is 0 Å². The number of amides is 2. The maximum atomic E-state index is 13.1. The predicted molar refractivity (Wildman–Crippen MR) is 123 cm³/mol. The van der Waals surface area contributed by atoms with Crippen LogP contribution in [0.2, 0.25) is 0 Å². The lowest BCUT2D eigenvalue weighted by Gasteiger charge is -2.30. The summed E-state index contributed by atoms with van der Waals surface area (Å²) in [7, 11) is 0. The second-order valence-electron chi connectivity index (χ2n) is 7.64. The third-order valence-corrected chi connectivity index (χ3v) is 6.15. The Morgan fingerprint density at radius 2 is 1.80 bits per heavy atom. The van der Waals surface area contributed by atoms with Gasteiger partial charge in [0.25, 0.3) is 5.91 Å². The first-order valence-electron chi connectivity index (χ1n) is 10.3. The molecule has 30 heavy (non-hydrogen) atoms. The van der Waals surface area contributed by atoms with Gasteiger partial charge in [-0.25, -0.2) is 0 Å². The van der Waals surface area contributed by atoms with Gasteiger partial charge in [-0.15, -0.1) is 0 Å². The average molecular weight is 475 g/mol. The van der Waals surface area contributed by atoms with Crippen LogP contribution < -0.4 is 10.1 Å². The fourth-order valence-corrected chi connectivity index (χ4v) is 3.20. The molecule has 1 N–H and O–H groups in total. The number of carbonyl (C=O) groups is 2.